The van der Waals surface area contributed by atoms with Crippen LogP contribution in [0.2, 0.25) is 0 Å². The molecule has 0 bridgehead atoms. The van der Waals surface area contributed by atoms with Gasteiger partial charge in [0.1, 0.15) is 11.2 Å². The minimum absolute atomic E-state index is 0.0231. The first-order valence-corrected chi connectivity index (χ1v) is 20.4. The Morgan fingerprint density at radius 3 is 1.39 bits per heavy atom. The third kappa shape index (κ3) is 13.9. The van der Waals surface area contributed by atoms with Crippen molar-refractivity contribution in [1.29, 1.82) is 0 Å². The molecule has 0 saturated carbocycles. The molecule has 2 aliphatic rings. The molecule has 2 saturated heterocycles. The molecule has 4 rings (SSSR count). The van der Waals surface area contributed by atoms with E-state index in [0.717, 1.165) is 36.2 Å². The highest BCUT2D eigenvalue weighted by molar-refractivity contribution is 7.98. The second-order valence-corrected chi connectivity index (χ2v) is 18.0. The summed E-state index contributed by atoms with van der Waals surface area (Å²) < 4.78 is 113. The van der Waals surface area contributed by atoms with Crippen molar-refractivity contribution in [2.45, 2.75) is 113 Å². The van der Waals surface area contributed by atoms with E-state index in [1.54, 1.807) is 42.9 Å². The molecule has 304 valence electrons. The van der Waals surface area contributed by atoms with Gasteiger partial charge in [0, 0.05) is 60.8 Å². The molecule has 0 aliphatic carbocycles. The first-order chi connectivity index (χ1) is 24.7. The fourth-order valence-corrected chi connectivity index (χ4v) is 7.21. The van der Waals surface area contributed by atoms with Crippen molar-refractivity contribution in [2.75, 3.05) is 49.3 Å². The van der Waals surface area contributed by atoms with Gasteiger partial charge in [0.25, 0.3) is 0 Å². The summed E-state index contributed by atoms with van der Waals surface area (Å²) in [7, 11) is -4.00. The molecule has 0 aromatic heterocycles. The Bertz CT molecular complexity index is 1710. The van der Waals surface area contributed by atoms with E-state index in [4.69, 9.17) is 9.47 Å². The molecule has 2 aliphatic heterocycles. The summed E-state index contributed by atoms with van der Waals surface area (Å²) in [5.41, 5.74) is -2.31. The summed E-state index contributed by atoms with van der Waals surface area (Å²) in [6, 6.07) is 7.32. The highest BCUT2D eigenvalue weighted by atomic mass is 32.2. The molecule has 2 heterocycles. The average molecular weight is 813 g/mol. The highest BCUT2D eigenvalue weighted by Crippen LogP contribution is 2.38. The first kappa shape index (κ1) is 44.9. The van der Waals surface area contributed by atoms with Gasteiger partial charge in [0.2, 0.25) is 0 Å². The molecule has 0 unspecified atom stereocenters. The molecule has 2 fully saturated rings. The molecule has 2 N–H and O–H groups in total. The van der Waals surface area contributed by atoms with Gasteiger partial charge in [-0.1, -0.05) is 0 Å². The molecule has 18 heteroatoms. The van der Waals surface area contributed by atoms with E-state index < -0.39 is 55.5 Å². The smallest absolute Gasteiger partial charge is 0.417 e. The molecule has 2 aromatic rings. The number of nitrogens with one attached hydrogen (secondary N) is 2. The fourth-order valence-electron chi connectivity index (χ4n) is 5.72. The Labute approximate surface area is 317 Å². The molecule has 0 radical (unpaired) electrons. The summed E-state index contributed by atoms with van der Waals surface area (Å²) in [6.07, 6.45) is -5.16. The number of nitrogens with zero attached hydrogens (tertiary/aromatic N) is 2. The summed E-state index contributed by atoms with van der Waals surface area (Å²) in [5, 5.41) is 6.17. The van der Waals surface area contributed by atoms with Gasteiger partial charge in [-0.25, -0.2) is 18.0 Å². The number of anilines is 2. The number of alkyl halides is 6. The molecule has 10 nitrogen and oxygen atoms in total. The summed E-state index contributed by atoms with van der Waals surface area (Å²) in [5.74, 6) is 0. The van der Waals surface area contributed by atoms with Crippen LogP contribution in [0.5, 0.6) is 0 Å². The van der Waals surface area contributed by atoms with Gasteiger partial charge in [-0.15, -0.1) is 11.8 Å². The molecule has 54 heavy (non-hydrogen) atoms. The van der Waals surface area contributed by atoms with Gasteiger partial charge in [-0.2, -0.15) is 26.3 Å². The van der Waals surface area contributed by atoms with Crippen LogP contribution in [0, 0.1) is 0 Å². The van der Waals surface area contributed by atoms with Crippen LogP contribution in [-0.4, -0.2) is 92.4 Å². The number of rotatable bonds is 6. The van der Waals surface area contributed by atoms with Crippen molar-refractivity contribution < 1.29 is 53.8 Å². The van der Waals surface area contributed by atoms with E-state index in [9.17, 15) is 44.3 Å². The standard InChI is InChI=1S/C18H25F3N2O4S.C18H25F3N2O2S/c1-17(2,3)27-16(24)23-9-7-12(8-10-23)22-13-5-6-15(28(4,25)26)14(11-13)18(19,20)21;1-17(2,3)25-16(24)23-9-7-12(8-10-23)22-13-5-6-15(26-4)14(11-13)18(19,20)21/h5-6,11-12,22H,7-10H2,1-4H3;5-6,11-12,22H,7-10H2,1-4H3. The van der Waals surface area contributed by atoms with Crippen LogP contribution in [0.25, 0.3) is 0 Å². The van der Waals surface area contributed by atoms with Crippen LogP contribution in [0.15, 0.2) is 46.2 Å². The first-order valence-electron chi connectivity index (χ1n) is 17.3. The van der Waals surface area contributed by atoms with Crippen LogP contribution >= 0.6 is 11.8 Å². The summed E-state index contributed by atoms with van der Waals surface area (Å²) >= 11 is 1.08. The Hall–Kier alpha value is -3.54. The lowest BCUT2D eigenvalue weighted by Crippen LogP contribution is -2.44. The van der Waals surface area contributed by atoms with Crippen LogP contribution in [0.4, 0.5) is 47.3 Å². The Morgan fingerprint density at radius 2 is 1.06 bits per heavy atom. The van der Waals surface area contributed by atoms with Gasteiger partial charge in [-0.05, 0) is 110 Å². The van der Waals surface area contributed by atoms with E-state index in [1.807, 2.05) is 20.8 Å². The van der Waals surface area contributed by atoms with Gasteiger partial charge in [0.15, 0.2) is 9.84 Å². The van der Waals surface area contributed by atoms with Gasteiger partial charge >= 0.3 is 24.5 Å². The number of likely N-dealkylation sites (tertiary alicyclic amines) is 2. The van der Waals surface area contributed by atoms with Crippen molar-refractivity contribution in [3.05, 3.63) is 47.5 Å². The van der Waals surface area contributed by atoms with Crippen molar-refractivity contribution in [2.24, 2.45) is 0 Å². The van der Waals surface area contributed by atoms with Gasteiger partial charge in [0.05, 0.1) is 16.0 Å². The molecule has 0 atom stereocenters. The zero-order valence-corrected chi connectivity index (χ0v) is 33.3. The van der Waals surface area contributed by atoms with E-state index in [-0.39, 0.29) is 28.8 Å². The van der Waals surface area contributed by atoms with Crippen LogP contribution in [-0.2, 0) is 31.7 Å². The molecular weight excluding hydrogens is 763 g/mol. The maximum absolute atomic E-state index is 13.3. The fraction of sp³-hybridized carbons (Fsp3) is 0.611. The van der Waals surface area contributed by atoms with Gasteiger partial charge < -0.3 is 29.9 Å². The van der Waals surface area contributed by atoms with E-state index in [2.05, 4.69) is 10.6 Å². The number of halogens is 6. The van der Waals surface area contributed by atoms with Crippen LogP contribution < -0.4 is 10.6 Å². The largest absolute Gasteiger partial charge is 0.444 e. The quantitative estimate of drug-likeness (QED) is 0.218. The number of ether oxygens (including phenoxy) is 2. The number of piperidine rings is 2. The third-order valence-corrected chi connectivity index (χ3v) is 10.2. The van der Waals surface area contributed by atoms with Crippen molar-refractivity contribution in [1.82, 2.24) is 9.80 Å². The second kappa shape index (κ2) is 17.5. The summed E-state index contributed by atoms with van der Waals surface area (Å²) in [6.45, 7) is 12.6. The zero-order valence-electron chi connectivity index (χ0n) is 31.7. The monoisotopic (exact) mass is 812 g/mol. The third-order valence-electron chi connectivity index (χ3n) is 8.22. The van der Waals surface area contributed by atoms with Crippen molar-refractivity contribution >= 4 is 45.2 Å². The number of thioether (sulfide) groups is 1. The SMILES string of the molecule is CC(C)(C)OC(=O)N1CCC(Nc2ccc(S(C)(=O)=O)c(C(F)(F)F)c2)CC1.CSc1ccc(NC2CCN(C(=O)OC(C)(C)C)CC2)cc1C(F)(F)F. The van der Waals surface area contributed by atoms with Crippen LogP contribution in [0.3, 0.4) is 0 Å². The number of hydrogen-bond acceptors (Lipinski definition) is 9. The molecule has 0 spiro atoms. The van der Waals surface area contributed by atoms with E-state index in [0.29, 0.717) is 57.5 Å². The van der Waals surface area contributed by atoms with Crippen molar-refractivity contribution in [3.8, 4) is 0 Å². The Kier molecular flexibility index (Phi) is 14.5. The number of benzene rings is 2. The van der Waals surface area contributed by atoms with Crippen LogP contribution in [0.1, 0.15) is 78.4 Å². The lowest BCUT2D eigenvalue weighted by Gasteiger charge is -2.34. The normalized spacial score (nSPS) is 16.6. The minimum atomic E-state index is -4.78. The number of amides is 2. The second-order valence-electron chi connectivity index (χ2n) is 15.2. The molecule has 2 aromatic carbocycles. The van der Waals surface area contributed by atoms with Gasteiger partial charge in [-0.3, -0.25) is 0 Å². The maximum Gasteiger partial charge on any atom is 0.417 e. The van der Waals surface area contributed by atoms with Crippen molar-refractivity contribution in [3.63, 3.8) is 0 Å². The zero-order chi connectivity index (χ0) is 40.9. The number of carbonyl (C=O) groups is 2. The van der Waals surface area contributed by atoms with E-state index >= 15 is 0 Å². The highest BCUT2D eigenvalue weighted by Gasteiger charge is 2.37. The number of carbonyl (C=O) groups excluding carboxylic acids is 2. The number of hydrogen-bond donors (Lipinski definition) is 2. The lowest BCUT2D eigenvalue weighted by molar-refractivity contribution is -0.140. The van der Waals surface area contributed by atoms with E-state index in [1.165, 1.54) is 12.1 Å². The molecular formula is C36H50F6N4O6S2. The topological polar surface area (TPSA) is 117 Å². The Balaban J connectivity index is 0.000000291. The maximum atomic E-state index is 13.3. The Morgan fingerprint density at radius 1 is 0.685 bits per heavy atom. The minimum Gasteiger partial charge on any atom is -0.444 e. The average Bonchev–Trinajstić information content (AvgIpc) is 3.03. The lowest BCUT2D eigenvalue weighted by atomic mass is 10.0. The summed E-state index contributed by atoms with van der Waals surface area (Å²) in [4.78, 5) is 26.8. The predicted molar refractivity (Wildman–Crippen MR) is 197 cm³/mol. The molecule has 2 amide bonds. The predicted octanol–water partition coefficient (Wildman–Crippen LogP) is 9.16. The number of sulfone groups is 1.